The van der Waals surface area contributed by atoms with E-state index in [0.29, 0.717) is 12.2 Å². The average molecular weight is 206 g/mol. The van der Waals surface area contributed by atoms with Gasteiger partial charge < -0.3 is 9.47 Å². The molecule has 1 aliphatic carbocycles. The highest BCUT2D eigenvalue weighted by atomic mass is 16.6. The summed E-state index contributed by atoms with van der Waals surface area (Å²) in [6, 6.07) is 0. The molecular weight excluding hydrogens is 196 g/mol. The van der Waals surface area contributed by atoms with Crippen molar-refractivity contribution in [2.45, 2.75) is 6.42 Å². The van der Waals surface area contributed by atoms with E-state index < -0.39 is 11.9 Å². The monoisotopic (exact) mass is 206 g/mol. The molecule has 0 saturated heterocycles. The Kier molecular flexibility index (Phi) is 3.62. The highest BCUT2D eigenvalue weighted by Gasteiger charge is 2.16. The van der Waals surface area contributed by atoms with Crippen LogP contribution >= 0.6 is 0 Å². The fourth-order valence-electron chi connectivity index (χ4n) is 0.963. The van der Waals surface area contributed by atoms with Gasteiger partial charge in [-0.25, -0.2) is 9.59 Å². The fraction of sp³-hybridized carbons (Fsp3) is 0.0909. The van der Waals surface area contributed by atoms with Crippen molar-refractivity contribution in [2.75, 3.05) is 0 Å². The van der Waals surface area contributed by atoms with Gasteiger partial charge in [-0.2, -0.15) is 0 Å². The third-order valence-corrected chi connectivity index (χ3v) is 1.61. The van der Waals surface area contributed by atoms with E-state index in [2.05, 4.69) is 13.2 Å². The Morgan fingerprint density at radius 2 is 1.80 bits per heavy atom. The maximum absolute atomic E-state index is 10.9. The summed E-state index contributed by atoms with van der Waals surface area (Å²) in [6.45, 7) is 6.52. The summed E-state index contributed by atoms with van der Waals surface area (Å²) in [4.78, 5) is 21.8. The molecule has 0 spiro atoms. The van der Waals surface area contributed by atoms with Gasteiger partial charge in [-0.3, -0.25) is 0 Å². The summed E-state index contributed by atoms with van der Waals surface area (Å²) >= 11 is 0. The average Bonchev–Trinajstić information content (AvgIpc) is 2.65. The standard InChI is InChI=1S/C11H10O4/c1-3-10(12)14-8-6-5-7-9(8)15-11(13)4-2/h3-6H,1-2,7H2. The van der Waals surface area contributed by atoms with E-state index in [1.165, 1.54) is 0 Å². The smallest absolute Gasteiger partial charge is 0.335 e. The molecule has 0 atom stereocenters. The molecule has 0 aromatic carbocycles. The highest BCUT2D eigenvalue weighted by Crippen LogP contribution is 2.21. The Labute approximate surface area is 87.2 Å². The van der Waals surface area contributed by atoms with Crippen LogP contribution in [0.1, 0.15) is 6.42 Å². The van der Waals surface area contributed by atoms with E-state index in [0.717, 1.165) is 12.2 Å². The predicted molar refractivity (Wildman–Crippen MR) is 53.4 cm³/mol. The van der Waals surface area contributed by atoms with Crippen molar-refractivity contribution in [2.24, 2.45) is 0 Å². The number of ether oxygens (including phenoxy) is 2. The number of hydrogen-bond donors (Lipinski definition) is 0. The Bertz CT molecular complexity index is 374. The van der Waals surface area contributed by atoms with Crippen LogP contribution in [0.5, 0.6) is 0 Å². The molecule has 0 aromatic heterocycles. The summed E-state index contributed by atoms with van der Waals surface area (Å²) in [5.74, 6) is -0.644. The van der Waals surface area contributed by atoms with Crippen LogP contribution in [0.2, 0.25) is 0 Å². The minimum atomic E-state index is -0.594. The van der Waals surface area contributed by atoms with Crippen molar-refractivity contribution in [3.8, 4) is 0 Å². The summed E-state index contributed by atoms with van der Waals surface area (Å²) in [5.41, 5.74) is 0. The maximum atomic E-state index is 10.9. The molecule has 0 aliphatic heterocycles. The first-order valence-corrected chi connectivity index (χ1v) is 4.25. The van der Waals surface area contributed by atoms with Gasteiger partial charge in [0.05, 0.1) is 0 Å². The molecule has 15 heavy (non-hydrogen) atoms. The molecule has 0 saturated carbocycles. The molecule has 0 fully saturated rings. The minimum absolute atomic E-state index is 0.232. The maximum Gasteiger partial charge on any atom is 0.335 e. The van der Waals surface area contributed by atoms with E-state index in [1.54, 1.807) is 12.2 Å². The molecular formula is C11H10O4. The van der Waals surface area contributed by atoms with Crippen LogP contribution in [0, 0.1) is 0 Å². The Hall–Kier alpha value is -2.10. The van der Waals surface area contributed by atoms with Crippen LogP contribution in [0.15, 0.2) is 49.0 Å². The third-order valence-electron chi connectivity index (χ3n) is 1.61. The lowest BCUT2D eigenvalue weighted by Crippen LogP contribution is -2.04. The molecule has 0 heterocycles. The Morgan fingerprint density at radius 3 is 2.40 bits per heavy atom. The van der Waals surface area contributed by atoms with E-state index >= 15 is 0 Å². The zero-order valence-electron chi connectivity index (χ0n) is 8.06. The van der Waals surface area contributed by atoms with Crippen molar-refractivity contribution >= 4 is 11.9 Å². The van der Waals surface area contributed by atoms with E-state index in [-0.39, 0.29) is 5.76 Å². The SMILES string of the molecule is C=CC(=O)OC1=C(OC(=O)C=C)CC=C1. The Morgan fingerprint density at radius 1 is 1.20 bits per heavy atom. The molecule has 0 bridgehead atoms. The van der Waals surface area contributed by atoms with Gasteiger partial charge in [-0.15, -0.1) is 0 Å². The zero-order valence-corrected chi connectivity index (χ0v) is 8.06. The fourth-order valence-corrected chi connectivity index (χ4v) is 0.963. The first-order valence-electron chi connectivity index (χ1n) is 4.25. The number of carbonyl (C=O) groups is 2. The molecule has 0 unspecified atom stereocenters. The second-order valence-corrected chi connectivity index (χ2v) is 2.64. The van der Waals surface area contributed by atoms with Crippen LogP contribution in [0.25, 0.3) is 0 Å². The number of rotatable bonds is 4. The zero-order chi connectivity index (χ0) is 11.3. The van der Waals surface area contributed by atoms with Crippen LogP contribution in [-0.2, 0) is 19.1 Å². The van der Waals surface area contributed by atoms with Gasteiger partial charge in [-0.05, 0) is 6.08 Å². The van der Waals surface area contributed by atoms with Crippen molar-refractivity contribution in [3.05, 3.63) is 49.0 Å². The quantitative estimate of drug-likeness (QED) is 0.518. The largest absolute Gasteiger partial charge is 0.424 e. The van der Waals surface area contributed by atoms with Crippen LogP contribution in [0.4, 0.5) is 0 Å². The second-order valence-electron chi connectivity index (χ2n) is 2.64. The third kappa shape index (κ3) is 2.95. The lowest BCUT2D eigenvalue weighted by molar-refractivity contribution is -0.137. The first kappa shape index (κ1) is 11.0. The number of allylic oxidation sites excluding steroid dienone is 2. The van der Waals surface area contributed by atoms with Gasteiger partial charge in [0.1, 0.15) is 0 Å². The molecule has 0 radical (unpaired) electrons. The van der Waals surface area contributed by atoms with E-state index in [1.807, 2.05) is 0 Å². The van der Waals surface area contributed by atoms with Crippen LogP contribution < -0.4 is 0 Å². The molecule has 78 valence electrons. The van der Waals surface area contributed by atoms with Crippen LogP contribution in [-0.4, -0.2) is 11.9 Å². The van der Waals surface area contributed by atoms with Gasteiger partial charge >= 0.3 is 11.9 Å². The van der Waals surface area contributed by atoms with Gasteiger partial charge in [-0.1, -0.05) is 19.2 Å². The van der Waals surface area contributed by atoms with Crippen molar-refractivity contribution < 1.29 is 19.1 Å². The minimum Gasteiger partial charge on any atom is -0.424 e. The predicted octanol–water partition coefficient (Wildman–Crippen LogP) is 1.62. The van der Waals surface area contributed by atoms with Crippen molar-refractivity contribution in [3.63, 3.8) is 0 Å². The number of hydrogen-bond acceptors (Lipinski definition) is 4. The van der Waals surface area contributed by atoms with Gasteiger partial charge in [0, 0.05) is 18.6 Å². The molecule has 1 aliphatic rings. The second kappa shape index (κ2) is 4.95. The summed E-state index contributed by atoms with van der Waals surface area (Å²) < 4.78 is 9.71. The number of esters is 2. The summed E-state index contributed by atoms with van der Waals surface area (Å²) in [5, 5.41) is 0. The lowest BCUT2D eigenvalue weighted by atomic mass is 10.4. The van der Waals surface area contributed by atoms with Crippen molar-refractivity contribution in [1.29, 1.82) is 0 Å². The molecule has 0 N–H and O–H groups in total. The first-order chi connectivity index (χ1) is 7.17. The topological polar surface area (TPSA) is 52.6 Å². The van der Waals surface area contributed by atoms with Gasteiger partial charge in [0.15, 0.2) is 11.5 Å². The molecule has 0 aromatic rings. The van der Waals surface area contributed by atoms with Gasteiger partial charge in [0.25, 0.3) is 0 Å². The lowest BCUT2D eigenvalue weighted by Gasteiger charge is -2.05. The summed E-state index contributed by atoms with van der Waals surface area (Å²) in [6.07, 6.45) is 5.77. The normalized spacial score (nSPS) is 13.6. The highest BCUT2D eigenvalue weighted by molar-refractivity contribution is 5.83. The van der Waals surface area contributed by atoms with E-state index in [9.17, 15) is 9.59 Å². The van der Waals surface area contributed by atoms with Crippen LogP contribution in [0.3, 0.4) is 0 Å². The molecule has 4 heteroatoms. The molecule has 4 nitrogen and oxygen atoms in total. The molecule has 1 rings (SSSR count). The van der Waals surface area contributed by atoms with Gasteiger partial charge in [0.2, 0.25) is 0 Å². The summed E-state index contributed by atoms with van der Waals surface area (Å²) in [7, 11) is 0. The van der Waals surface area contributed by atoms with E-state index in [4.69, 9.17) is 9.47 Å². The molecule has 0 amide bonds. The Balaban J connectivity index is 2.72. The number of carbonyl (C=O) groups excluding carboxylic acids is 2. The van der Waals surface area contributed by atoms with Crippen molar-refractivity contribution in [1.82, 2.24) is 0 Å².